The van der Waals surface area contributed by atoms with Gasteiger partial charge in [-0.15, -0.1) is 10.2 Å². The quantitative estimate of drug-likeness (QED) is 0.528. The summed E-state index contributed by atoms with van der Waals surface area (Å²) in [6, 6.07) is 4.23. The standard InChI is InChI=1S/C15H14F3N5O4S/c16-15(17,18)8-2-1-3-9(6-8)19-14(27)7-28-13-21-20-10(4-5-11(24)25)12(26)23(13)22-14/h1-3,6,19,22,27H,4-5,7H2,(H,24,25). The van der Waals surface area contributed by atoms with Crippen LogP contribution in [0.25, 0.3) is 0 Å². The number of nitrogens with one attached hydrogen (secondary N) is 2. The molecule has 28 heavy (non-hydrogen) atoms. The molecule has 0 bridgehead atoms. The van der Waals surface area contributed by atoms with Crippen molar-refractivity contribution < 1.29 is 28.2 Å². The molecule has 1 atom stereocenters. The number of benzene rings is 1. The lowest BCUT2D eigenvalue weighted by molar-refractivity contribution is -0.138. The summed E-state index contributed by atoms with van der Waals surface area (Å²) in [5, 5.41) is 29.6. The van der Waals surface area contributed by atoms with E-state index >= 15 is 0 Å². The summed E-state index contributed by atoms with van der Waals surface area (Å²) in [4.78, 5) is 23.1. The second-order valence-electron chi connectivity index (χ2n) is 5.93. The number of fused-ring (bicyclic) bond motifs is 1. The van der Waals surface area contributed by atoms with Gasteiger partial charge in [-0.2, -0.15) is 17.8 Å². The first-order valence-corrected chi connectivity index (χ1v) is 8.85. The Bertz CT molecular complexity index is 967. The van der Waals surface area contributed by atoms with Crippen LogP contribution in [-0.2, 0) is 17.4 Å². The van der Waals surface area contributed by atoms with E-state index in [9.17, 15) is 27.9 Å². The topological polar surface area (TPSA) is 129 Å². The number of aliphatic hydroxyl groups is 1. The van der Waals surface area contributed by atoms with E-state index in [1.807, 2.05) is 0 Å². The number of aryl methyl sites for hydroxylation is 1. The van der Waals surface area contributed by atoms with E-state index in [0.717, 1.165) is 28.6 Å². The van der Waals surface area contributed by atoms with Crippen LogP contribution >= 0.6 is 11.8 Å². The number of aliphatic carboxylic acids is 1. The zero-order valence-corrected chi connectivity index (χ0v) is 14.8. The zero-order valence-electron chi connectivity index (χ0n) is 14.0. The van der Waals surface area contributed by atoms with Crippen LogP contribution in [0.3, 0.4) is 0 Å². The summed E-state index contributed by atoms with van der Waals surface area (Å²) in [5.41, 5.74) is 0.727. The summed E-state index contributed by atoms with van der Waals surface area (Å²) in [6.07, 6.45) is -5.04. The highest BCUT2D eigenvalue weighted by molar-refractivity contribution is 7.99. The molecule has 4 N–H and O–H groups in total. The second-order valence-corrected chi connectivity index (χ2v) is 6.87. The lowest BCUT2D eigenvalue weighted by Crippen LogP contribution is -2.57. The van der Waals surface area contributed by atoms with Crippen LogP contribution in [0.1, 0.15) is 17.7 Å². The number of thioether (sulfide) groups is 1. The summed E-state index contributed by atoms with van der Waals surface area (Å²) in [7, 11) is 0. The van der Waals surface area contributed by atoms with Crippen molar-refractivity contribution in [2.24, 2.45) is 0 Å². The Morgan fingerprint density at radius 3 is 2.82 bits per heavy atom. The summed E-state index contributed by atoms with van der Waals surface area (Å²) < 4.78 is 39.4. The Hall–Kier alpha value is -2.80. The molecule has 0 spiro atoms. The van der Waals surface area contributed by atoms with Gasteiger partial charge < -0.3 is 15.5 Å². The average molecular weight is 417 g/mol. The molecule has 13 heteroatoms. The molecular weight excluding hydrogens is 403 g/mol. The molecular formula is C15H14F3N5O4S. The molecule has 9 nitrogen and oxygen atoms in total. The molecule has 150 valence electrons. The fourth-order valence-electron chi connectivity index (χ4n) is 2.44. The predicted octanol–water partition coefficient (Wildman–Crippen LogP) is 1.08. The van der Waals surface area contributed by atoms with Gasteiger partial charge in [-0.25, -0.2) is 0 Å². The third kappa shape index (κ3) is 4.36. The normalized spacial score (nSPS) is 18.9. The van der Waals surface area contributed by atoms with Gasteiger partial charge in [0.05, 0.1) is 17.7 Å². The van der Waals surface area contributed by atoms with Crippen molar-refractivity contribution >= 4 is 23.4 Å². The van der Waals surface area contributed by atoms with Crippen molar-refractivity contribution in [3.63, 3.8) is 0 Å². The van der Waals surface area contributed by atoms with Crippen LogP contribution in [0, 0.1) is 0 Å². The van der Waals surface area contributed by atoms with E-state index in [2.05, 4.69) is 20.9 Å². The van der Waals surface area contributed by atoms with Crippen molar-refractivity contribution in [1.29, 1.82) is 0 Å². The highest BCUT2D eigenvalue weighted by Crippen LogP contribution is 2.32. The number of nitrogens with zero attached hydrogens (tertiary/aromatic N) is 3. The number of rotatable bonds is 5. The largest absolute Gasteiger partial charge is 0.481 e. The molecule has 0 amide bonds. The molecule has 1 aliphatic rings. The third-order valence-corrected chi connectivity index (χ3v) is 4.81. The molecule has 2 aromatic rings. The number of carbonyl (C=O) groups is 1. The van der Waals surface area contributed by atoms with Gasteiger partial charge in [0.2, 0.25) is 11.0 Å². The number of hydrogen-bond donors (Lipinski definition) is 4. The molecule has 0 aliphatic carbocycles. The Balaban J connectivity index is 1.84. The predicted molar refractivity (Wildman–Crippen MR) is 92.4 cm³/mol. The molecule has 3 rings (SSSR count). The fourth-order valence-corrected chi connectivity index (χ4v) is 3.27. The minimum Gasteiger partial charge on any atom is -0.481 e. The van der Waals surface area contributed by atoms with Gasteiger partial charge in [-0.1, -0.05) is 17.8 Å². The molecule has 1 unspecified atom stereocenters. The molecule has 0 saturated carbocycles. The summed E-state index contributed by atoms with van der Waals surface area (Å²) in [5.74, 6) is -3.17. The van der Waals surface area contributed by atoms with E-state index < -0.39 is 29.1 Å². The maximum atomic E-state index is 12.9. The number of anilines is 1. The highest BCUT2D eigenvalue weighted by Gasteiger charge is 2.36. The maximum absolute atomic E-state index is 12.9. The van der Waals surface area contributed by atoms with Gasteiger partial charge in [-0.3, -0.25) is 15.0 Å². The molecule has 2 heterocycles. The first-order chi connectivity index (χ1) is 13.1. The lowest BCUT2D eigenvalue weighted by atomic mass is 10.2. The van der Waals surface area contributed by atoms with Crippen molar-refractivity contribution in [1.82, 2.24) is 14.9 Å². The minimum atomic E-state index is -4.55. The number of carboxylic acid groups (broad SMARTS) is 1. The number of carboxylic acids is 1. The minimum absolute atomic E-state index is 0.0185. The first-order valence-electron chi connectivity index (χ1n) is 7.87. The maximum Gasteiger partial charge on any atom is 0.416 e. The van der Waals surface area contributed by atoms with Gasteiger partial charge in [0, 0.05) is 12.1 Å². The van der Waals surface area contributed by atoms with Crippen molar-refractivity contribution in [3.05, 3.63) is 45.9 Å². The number of alkyl halides is 3. The molecule has 0 radical (unpaired) electrons. The molecule has 1 aliphatic heterocycles. The highest BCUT2D eigenvalue weighted by atomic mass is 32.2. The molecule has 1 aromatic carbocycles. The number of aromatic nitrogens is 3. The Morgan fingerprint density at radius 1 is 1.39 bits per heavy atom. The monoisotopic (exact) mass is 417 g/mol. The van der Waals surface area contributed by atoms with E-state index in [0.29, 0.717) is 0 Å². The molecule has 0 saturated heterocycles. The Kier molecular flexibility index (Phi) is 5.21. The smallest absolute Gasteiger partial charge is 0.416 e. The van der Waals surface area contributed by atoms with Crippen LogP contribution in [-0.4, -0.2) is 42.7 Å². The molecule has 1 aromatic heterocycles. The van der Waals surface area contributed by atoms with E-state index in [1.165, 1.54) is 12.1 Å². The van der Waals surface area contributed by atoms with Gasteiger partial charge in [-0.05, 0) is 18.2 Å². The number of hydrogen-bond acceptors (Lipinski definition) is 8. The fraction of sp³-hybridized carbons (Fsp3) is 0.333. The van der Waals surface area contributed by atoms with Crippen LogP contribution in [0.5, 0.6) is 0 Å². The lowest BCUT2D eigenvalue weighted by Gasteiger charge is -2.35. The third-order valence-electron chi connectivity index (χ3n) is 3.72. The van der Waals surface area contributed by atoms with Crippen LogP contribution in [0.4, 0.5) is 18.9 Å². The van der Waals surface area contributed by atoms with Crippen LogP contribution < -0.4 is 16.3 Å². The Labute approximate surface area is 159 Å². The zero-order chi connectivity index (χ0) is 20.5. The van der Waals surface area contributed by atoms with Crippen molar-refractivity contribution in [3.8, 4) is 0 Å². The van der Waals surface area contributed by atoms with Crippen molar-refractivity contribution in [2.45, 2.75) is 30.0 Å². The van der Waals surface area contributed by atoms with Gasteiger partial charge in [0.15, 0.2) is 0 Å². The average Bonchev–Trinajstić information content (AvgIpc) is 2.61. The Morgan fingerprint density at radius 2 is 2.14 bits per heavy atom. The van der Waals surface area contributed by atoms with Crippen molar-refractivity contribution in [2.75, 3.05) is 16.5 Å². The van der Waals surface area contributed by atoms with Gasteiger partial charge >= 0.3 is 12.1 Å². The molecule has 0 fully saturated rings. The van der Waals surface area contributed by atoms with Crippen LogP contribution in [0.2, 0.25) is 0 Å². The SMILES string of the molecule is O=C(O)CCc1nnc2n(c1=O)NC(O)(Nc1cccc(C(F)(F)F)c1)CS2. The van der Waals surface area contributed by atoms with E-state index in [1.54, 1.807) is 0 Å². The van der Waals surface area contributed by atoms with Gasteiger partial charge in [0.25, 0.3) is 5.56 Å². The first kappa shape index (κ1) is 19.9. The number of halogens is 3. The summed E-state index contributed by atoms with van der Waals surface area (Å²) >= 11 is 0.948. The van der Waals surface area contributed by atoms with Crippen LogP contribution in [0.15, 0.2) is 34.2 Å². The van der Waals surface area contributed by atoms with E-state index in [4.69, 9.17) is 5.11 Å². The second kappa shape index (κ2) is 7.31. The van der Waals surface area contributed by atoms with E-state index in [-0.39, 0.29) is 35.1 Å². The summed E-state index contributed by atoms with van der Waals surface area (Å²) in [6.45, 7) is 0. The van der Waals surface area contributed by atoms with Gasteiger partial charge in [0.1, 0.15) is 5.69 Å².